The molecule has 1 aromatic carbocycles. The molecule has 6 heteroatoms. The molecule has 1 fully saturated rings. The van der Waals surface area contributed by atoms with E-state index in [1.54, 1.807) is 17.9 Å². The van der Waals surface area contributed by atoms with Gasteiger partial charge in [-0.1, -0.05) is 12.1 Å². The second-order valence-electron chi connectivity index (χ2n) is 7.24. The van der Waals surface area contributed by atoms with Crippen LogP contribution in [0.25, 0.3) is 11.1 Å². The second-order valence-corrected chi connectivity index (χ2v) is 8.16. The summed E-state index contributed by atoms with van der Waals surface area (Å²) in [6, 6.07) is 9.29. The summed E-state index contributed by atoms with van der Waals surface area (Å²) in [5.41, 5.74) is 1.45. The molecule has 5 nitrogen and oxygen atoms in total. The molecule has 1 saturated heterocycles. The highest BCUT2D eigenvalue weighted by molar-refractivity contribution is 7.12. The number of β-amino-alcohol motifs (C(OH)–C–C–N with tert-alkyl or cyclic N) is 1. The van der Waals surface area contributed by atoms with Gasteiger partial charge in [0.25, 0.3) is 5.91 Å². The van der Waals surface area contributed by atoms with Gasteiger partial charge in [0, 0.05) is 24.2 Å². The van der Waals surface area contributed by atoms with Crippen molar-refractivity contribution >= 4 is 23.0 Å². The summed E-state index contributed by atoms with van der Waals surface area (Å²) in [7, 11) is 3.83. The van der Waals surface area contributed by atoms with Gasteiger partial charge < -0.3 is 14.9 Å². The normalized spacial score (nSPS) is 20.0. The molecule has 0 saturated carbocycles. The number of likely N-dealkylation sites (tertiary alicyclic amines) is 1. The number of hydrogen-bond acceptors (Lipinski definition) is 5. The summed E-state index contributed by atoms with van der Waals surface area (Å²) >= 11 is 1.41. The third kappa shape index (κ3) is 3.87. The first kappa shape index (κ1) is 18.8. The van der Waals surface area contributed by atoms with E-state index in [2.05, 4.69) is 0 Å². The zero-order valence-corrected chi connectivity index (χ0v) is 16.2. The Morgan fingerprint density at radius 3 is 2.77 bits per heavy atom. The number of benzene rings is 1. The van der Waals surface area contributed by atoms with Gasteiger partial charge in [0.2, 0.25) is 0 Å². The number of carbonyl (C=O) groups excluding carboxylic acids is 2. The Balaban J connectivity index is 1.81. The maximum atomic E-state index is 12.9. The maximum Gasteiger partial charge on any atom is 0.253 e. The second kappa shape index (κ2) is 7.31. The van der Waals surface area contributed by atoms with Crippen LogP contribution < -0.4 is 0 Å². The van der Waals surface area contributed by atoms with Crippen LogP contribution >= 0.6 is 11.3 Å². The van der Waals surface area contributed by atoms with E-state index in [0.29, 0.717) is 36.5 Å². The van der Waals surface area contributed by atoms with Crippen molar-refractivity contribution < 1.29 is 14.7 Å². The van der Waals surface area contributed by atoms with Crippen LogP contribution in [0, 0.1) is 0 Å². The molecule has 1 atom stereocenters. The zero-order valence-electron chi connectivity index (χ0n) is 15.4. The minimum absolute atomic E-state index is 0.0278. The number of rotatable bonds is 5. The Bertz CT molecular complexity index is 830. The number of ketones is 1. The molecule has 0 bridgehead atoms. The number of carbonyl (C=O) groups is 2. The van der Waals surface area contributed by atoms with Crippen molar-refractivity contribution in [3.63, 3.8) is 0 Å². The fourth-order valence-electron chi connectivity index (χ4n) is 3.56. The predicted octanol–water partition coefficient (Wildman–Crippen LogP) is 2.76. The monoisotopic (exact) mass is 372 g/mol. The molecule has 2 aromatic rings. The number of amides is 1. The molecule has 3 rings (SSSR count). The summed E-state index contributed by atoms with van der Waals surface area (Å²) in [6.07, 6.45) is 0.579. The quantitative estimate of drug-likeness (QED) is 0.820. The fraction of sp³-hybridized carbons (Fsp3) is 0.400. The smallest absolute Gasteiger partial charge is 0.253 e. The first-order chi connectivity index (χ1) is 12.3. The summed E-state index contributed by atoms with van der Waals surface area (Å²) in [4.78, 5) is 29.0. The molecule has 0 spiro atoms. The lowest BCUT2D eigenvalue weighted by Gasteiger charge is -2.26. The number of thiophene rings is 1. The molecular formula is C20H24N2O3S. The van der Waals surface area contributed by atoms with E-state index in [4.69, 9.17) is 0 Å². The Labute approximate surface area is 157 Å². The van der Waals surface area contributed by atoms with Gasteiger partial charge in [-0.2, -0.15) is 0 Å². The number of likely N-dealkylation sites (N-methyl/N-ethyl adjacent to an activating group) is 1. The fourth-order valence-corrected chi connectivity index (χ4v) is 4.38. The van der Waals surface area contributed by atoms with Gasteiger partial charge >= 0.3 is 0 Å². The van der Waals surface area contributed by atoms with E-state index in [9.17, 15) is 14.7 Å². The van der Waals surface area contributed by atoms with Crippen molar-refractivity contribution in [1.29, 1.82) is 0 Å². The Morgan fingerprint density at radius 2 is 2.08 bits per heavy atom. The van der Waals surface area contributed by atoms with Crippen molar-refractivity contribution in [1.82, 2.24) is 9.80 Å². The summed E-state index contributed by atoms with van der Waals surface area (Å²) in [6.45, 7) is 2.98. The molecular weight excluding hydrogens is 348 g/mol. The van der Waals surface area contributed by atoms with Gasteiger partial charge in [-0.15, -0.1) is 11.3 Å². The molecule has 0 unspecified atom stereocenters. The number of Topliss-reactive ketones (excluding diaryl/α,β-unsaturated/α-hetero) is 1. The van der Waals surface area contributed by atoms with Gasteiger partial charge in [-0.05, 0) is 56.6 Å². The Hall–Kier alpha value is -2.02. The Morgan fingerprint density at radius 1 is 1.31 bits per heavy atom. The van der Waals surface area contributed by atoms with Crippen molar-refractivity contribution in [2.45, 2.75) is 18.9 Å². The van der Waals surface area contributed by atoms with E-state index in [1.807, 2.05) is 48.6 Å². The third-order valence-corrected chi connectivity index (χ3v) is 5.65. The van der Waals surface area contributed by atoms with Crippen LogP contribution in [0.2, 0.25) is 0 Å². The van der Waals surface area contributed by atoms with Crippen molar-refractivity contribution in [3.05, 3.63) is 46.2 Å². The van der Waals surface area contributed by atoms with Crippen LogP contribution in [-0.4, -0.2) is 65.9 Å². The van der Waals surface area contributed by atoms with Gasteiger partial charge in [0.05, 0.1) is 17.0 Å². The van der Waals surface area contributed by atoms with E-state index in [-0.39, 0.29) is 11.7 Å². The van der Waals surface area contributed by atoms with Crippen LogP contribution in [0.15, 0.2) is 35.7 Å². The molecule has 138 valence electrons. The molecule has 26 heavy (non-hydrogen) atoms. The highest BCUT2D eigenvalue weighted by Gasteiger charge is 2.38. The number of nitrogens with zero attached hydrogens (tertiary/aromatic N) is 2. The standard InChI is InChI=1S/C20H24N2O3S/c1-14(23)18-17(7-10-26-18)15-5-4-6-16(11-15)19(24)22-9-8-20(25,13-22)12-21(2)3/h4-7,10-11,25H,8-9,12-13H2,1-3H3/t20-/m0/s1. The average Bonchev–Trinajstić information content (AvgIpc) is 3.20. The van der Waals surface area contributed by atoms with Crippen LogP contribution in [0.1, 0.15) is 33.4 Å². The lowest BCUT2D eigenvalue weighted by molar-refractivity contribution is 0.0236. The van der Waals surface area contributed by atoms with Crippen LogP contribution in [0.5, 0.6) is 0 Å². The van der Waals surface area contributed by atoms with E-state index >= 15 is 0 Å². The Kier molecular flexibility index (Phi) is 5.27. The maximum absolute atomic E-state index is 12.9. The number of aliphatic hydroxyl groups is 1. The van der Waals surface area contributed by atoms with Crippen molar-refractivity contribution in [2.24, 2.45) is 0 Å². The summed E-state index contributed by atoms with van der Waals surface area (Å²) < 4.78 is 0. The minimum atomic E-state index is -0.855. The van der Waals surface area contributed by atoms with Gasteiger partial charge in [-0.25, -0.2) is 0 Å². The van der Waals surface area contributed by atoms with Gasteiger partial charge in [0.15, 0.2) is 5.78 Å². The highest BCUT2D eigenvalue weighted by atomic mass is 32.1. The van der Waals surface area contributed by atoms with Gasteiger partial charge in [-0.3, -0.25) is 9.59 Å². The lowest BCUT2D eigenvalue weighted by atomic mass is 10.0. The molecule has 1 N–H and O–H groups in total. The molecule has 0 radical (unpaired) electrons. The third-order valence-electron chi connectivity index (χ3n) is 4.64. The first-order valence-corrected chi connectivity index (χ1v) is 9.52. The van der Waals surface area contributed by atoms with Crippen LogP contribution in [0.4, 0.5) is 0 Å². The van der Waals surface area contributed by atoms with Crippen molar-refractivity contribution in [3.8, 4) is 11.1 Å². The summed E-state index contributed by atoms with van der Waals surface area (Å²) in [5.74, 6) is -0.0545. The van der Waals surface area contributed by atoms with E-state index in [1.165, 1.54) is 11.3 Å². The highest BCUT2D eigenvalue weighted by Crippen LogP contribution is 2.30. The summed E-state index contributed by atoms with van der Waals surface area (Å²) in [5, 5.41) is 12.5. The lowest BCUT2D eigenvalue weighted by Crippen LogP contribution is -2.43. The average molecular weight is 372 g/mol. The molecule has 0 aliphatic carbocycles. The number of hydrogen-bond donors (Lipinski definition) is 1. The largest absolute Gasteiger partial charge is 0.387 e. The minimum Gasteiger partial charge on any atom is -0.387 e. The van der Waals surface area contributed by atoms with E-state index in [0.717, 1.165) is 11.1 Å². The molecule has 2 heterocycles. The molecule has 1 aromatic heterocycles. The van der Waals surface area contributed by atoms with Crippen LogP contribution in [0.3, 0.4) is 0 Å². The molecule has 1 aliphatic rings. The zero-order chi connectivity index (χ0) is 18.9. The SMILES string of the molecule is CC(=O)c1sccc1-c1cccc(C(=O)N2CC[C@](O)(CN(C)C)C2)c1. The van der Waals surface area contributed by atoms with E-state index < -0.39 is 5.60 Å². The van der Waals surface area contributed by atoms with Gasteiger partial charge in [0.1, 0.15) is 0 Å². The van der Waals surface area contributed by atoms with Crippen LogP contribution in [-0.2, 0) is 0 Å². The predicted molar refractivity (Wildman–Crippen MR) is 104 cm³/mol. The van der Waals surface area contributed by atoms with Crippen molar-refractivity contribution in [2.75, 3.05) is 33.7 Å². The topological polar surface area (TPSA) is 60.9 Å². The molecule has 1 aliphatic heterocycles. The first-order valence-electron chi connectivity index (χ1n) is 8.64. The molecule has 1 amide bonds.